The van der Waals surface area contributed by atoms with Crippen molar-refractivity contribution < 1.29 is 9.53 Å². The Morgan fingerprint density at radius 1 is 1.62 bits per heavy atom. The van der Waals surface area contributed by atoms with Crippen molar-refractivity contribution in [3.05, 3.63) is 16.7 Å². The minimum atomic E-state index is -0.391. The molecule has 1 heterocycles. The molecule has 88 valence electrons. The standard InChI is InChI=1S/C9H14N4O3/c1-13(2)6(14)4-10-8-7(16-3)9(15)12-5-11-8/h5H,4H2,1-3H3,(H2,10,11,12,15). The highest BCUT2D eigenvalue weighted by molar-refractivity contribution is 5.80. The lowest BCUT2D eigenvalue weighted by molar-refractivity contribution is -0.126. The number of methoxy groups -OCH3 is 1. The molecule has 0 spiro atoms. The van der Waals surface area contributed by atoms with Crippen LogP contribution in [0.3, 0.4) is 0 Å². The summed E-state index contributed by atoms with van der Waals surface area (Å²) in [7, 11) is 4.66. The fraction of sp³-hybridized carbons (Fsp3) is 0.444. The first-order chi connectivity index (χ1) is 7.56. The van der Waals surface area contributed by atoms with E-state index in [4.69, 9.17) is 4.74 Å². The average Bonchev–Trinajstić information content (AvgIpc) is 2.25. The van der Waals surface area contributed by atoms with Crippen molar-refractivity contribution in [2.24, 2.45) is 0 Å². The number of aromatic amines is 1. The number of nitrogens with one attached hydrogen (secondary N) is 2. The Balaban J connectivity index is 2.78. The lowest BCUT2D eigenvalue weighted by Crippen LogP contribution is -2.29. The predicted octanol–water partition coefficient (Wildman–Crippen LogP) is -0.721. The summed E-state index contributed by atoms with van der Waals surface area (Å²) in [6.07, 6.45) is 1.24. The van der Waals surface area contributed by atoms with Crippen LogP contribution >= 0.6 is 0 Å². The second kappa shape index (κ2) is 5.15. The zero-order valence-electron chi connectivity index (χ0n) is 9.40. The van der Waals surface area contributed by atoms with Crippen LogP contribution in [0.25, 0.3) is 0 Å². The molecule has 1 amide bonds. The van der Waals surface area contributed by atoms with Gasteiger partial charge in [0.25, 0.3) is 5.56 Å². The fourth-order valence-corrected chi connectivity index (χ4v) is 1.02. The minimum absolute atomic E-state index is 0.0554. The van der Waals surface area contributed by atoms with Crippen LogP contribution in [0.5, 0.6) is 5.75 Å². The van der Waals surface area contributed by atoms with Crippen LogP contribution in [0.4, 0.5) is 5.82 Å². The van der Waals surface area contributed by atoms with Crippen molar-refractivity contribution in [1.82, 2.24) is 14.9 Å². The Labute approximate surface area is 92.4 Å². The molecule has 0 aliphatic carbocycles. The van der Waals surface area contributed by atoms with E-state index in [-0.39, 0.29) is 24.0 Å². The molecule has 0 aliphatic heterocycles. The minimum Gasteiger partial charge on any atom is -0.489 e. The quantitative estimate of drug-likeness (QED) is 0.707. The average molecular weight is 226 g/mol. The highest BCUT2D eigenvalue weighted by Crippen LogP contribution is 2.13. The Morgan fingerprint density at radius 3 is 2.88 bits per heavy atom. The Kier molecular flexibility index (Phi) is 3.87. The molecule has 0 atom stereocenters. The summed E-state index contributed by atoms with van der Waals surface area (Å²) in [4.78, 5) is 30.3. The van der Waals surface area contributed by atoms with Crippen molar-refractivity contribution >= 4 is 11.7 Å². The van der Waals surface area contributed by atoms with E-state index in [1.165, 1.54) is 18.3 Å². The van der Waals surface area contributed by atoms with Crippen LogP contribution in [0, 0.1) is 0 Å². The molecular weight excluding hydrogens is 212 g/mol. The fourth-order valence-electron chi connectivity index (χ4n) is 1.02. The number of aromatic nitrogens is 2. The Bertz CT molecular complexity index is 427. The first-order valence-electron chi connectivity index (χ1n) is 4.62. The second-order valence-electron chi connectivity index (χ2n) is 3.26. The van der Waals surface area contributed by atoms with E-state index in [9.17, 15) is 9.59 Å². The van der Waals surface area contributed by atoms with Gasteiger partial charge in [-0.05, 0) is 0 Å². The first kappa shape index (κ1) is 12.0. The molecule has 0 fully saturated rings. The molecule has 7 nitrogen and oxygen atoms in total. The van der Waals surface area contributed by atoms with E-state index >= 15 is 0 Å². The number of nitrogens with zero attached hydrogens (tertiary/aromatic N) is 2. The van der Waals surface area contributed by atoms with Crippen LogP contribution in [0.15, 0.2) is 11.1 Å². The molecule has 0 aromatic carbocycles. The number of rotatable bonds is 4. The number of carbonyl (C=O) groups excluding carboxylic acids is 1. The molecule has 1 aromatic heterocycles. The normalized spacial score (nSPS) is 9.69. The van der Waals surface area contributed by atoms with Crippen molar-refractivity contribution in [3.8, 4) is 5.75 Å². The molecule has 1 rings (SSSR count). The van der Waals surface area contributed by atoms with Gasteiger partial charge in [0.15, 0.2) is 5.82 Å². The lowest BCUT2D eigenvalue weighted by Gasteiger charge is -2.12. The first-order valence-corrected chi connectivity index (χ1v) is 4.62. The van der Waals surface area contributed by atoms with Gasteiger partial charge in [-0.2, -0.15) is 0 Å². The van der Waals surface area contributed by atoms with Crippen LogP contribution in [-0.2, 0) is 4.79 Å². The molecule has 0 radical (unpaired) electrons. The van der Waals surface area contributed by atoms with Crippen molar-refractivity contribution in [2.75, 3.05) is 33.1 Å². The Morgan fingerprint density at radius 2 is 2.31 bits per heavy atom. The van der Waals surface area contributed by atoms with E-state index in [2.05, 4.69) is 15.3 Å². The number of hydrogen-bond acceptors (Lipinski definition) is 5. The summed E-state index contributed by atoms with van der Waals surface area (Å²) in [6, 6.07) is 0. The third-order valence-electron chi connectivity index (χ3n) is 1.92. The summed E-state index contributed by atoms with van der Waals surface area (Å²) >= 11 is 0. The Hall–Kier alpha value is -2.05. The number of hydrogen-bond donors (Lipinski definition) is 2. The van der Waals surface area contributed by atoms with Crippen LogP contribution in [0.2, 0.25) is 0 Å². The van der Waals surface area contributed by atoms with Crippen molar-refractivity contribution in [1.29, 1.82) is 0 Å². The number of carbonyl (C=O) groups is 1. The molecule has 0 bridgehead atoms. The summed E-state index contributed by atoms with van der Waals surface area (Å²) in [6.45, 7) is 0.0554. The molecule has 0 saturated carbocycles. The van der Waals surface area contributed by atoms with Crippen LogP contribution in [-0.4, -0.2) is 48.5 Å². The summed E-state index contributed by atoms with van der Waals surface area (Å²) < 4.78 is 4.88. The van der Waals surface area contributed by atoms with Gasteiger partial charge in [0.2, 0.25) is 11.7 Å². The molecule has 16 heavy (non-hydrogen) atoms. The summed E-state index contributed by atoms with van der Waals surface area (Å²) in [5.74, 6) is 0.194. The molecule has 0 aliphatic rings. The van der Waals surface area contributed by atoms with E-state index < -0.39 is 5.56 Å². The van der Waals surface area contributed by atoms with Crippen LogP contribution in [0.1, 0.15) is 0 Å². The third-order valence-corrected chi connectivity index (χ3v) is 1.92. The number of H-pyrrole nitrogens is 1. The number of anilines is 1. The predicted molar refractivity (Wildman–Crippen MR) is 58.6 cm³/mol. The smallest absolute Gasteiger partial charge is 0.295 e. The van der Waals surface area contributed by atoms with Crippen LogP contribution < -0.4 is 15.6 Å². The number of likely N-dealkylation sites (N-methyl/N-ethyl adjacent to an activating group) is 1. The van der Waals surface area contributed by atoms with Gasteiger partial charge < -0.3 is 19.9 Å². The van der Waals surface area contributed by atoms with Gasteiger partial charge >= 0.3 is 0 Å². The van der Waals surface area contributed by atoms with E-state index in [0.717, 1.165) is 0 Å². The molecule has 7 heteroatoms. The molecule has 0 unspecified atom stereocenters. The summed E-state index contributed by atoms with van der Waals surface area (Å²) in [5, 5.41) is 2.74. The monoisotopic (exact) mass is 226 g/mol. The molecule has 2 N–H and O–H groups in total. The maximum atomic E-state index is 11.3. The summed E-state index contributed by atoms with van der Waals surface area (Å²) in [5.41, 5.74) is -0.391. The van der Waals surface area contributed by atoms with Gasteiger partial charge in [-0.1, -0.05) is 0 Å². The zero-order valence-corrected chi connectivity index (χ0v) is 9.40. The van der Waals surface area contributed by atoms with Gasteiger partial charge in [0, 0.05) is 14.1 Å². The molecule has 0 saturated heterocycles. The van der Waals surface area contributed by atoms with Gasteiger partial charge in [-0.25, -0.2) is 4.98 Å². The van der Waals surface area contributed by atoms with Gasteiger partial charge in [-0.15, -0.1) is 0 Å². The maximum absolute atomic E-state index is 11.3. The van der Waals surface area contributed by atoms with Gasteiger partial charge in [0.1, 0.15) is 0 Å². The number of ether oxygens (including phenoxy) is 1. The van der Waals surface area contributed by atoms with Crippen molar-refractivity contribution in [3.63, 3.8) is 0 Å². The van der Waals surface area contributed by atoms with Gasteiger partial charge in [-0.3, -0.25) is 9.59 Å². The van der Waals surface area contributed by atoms with E-state index in [1.54, 1.807) is 14.1 Å². The molecular formula is C9H14N4O3. The van der Waals surface area contributed by atoms with Gasteiger partial charge in [0.05, 0.1) is 20.0 Å². The maximum Gasteiger partial charge on any atom is 0.295 e. The third kappa shape index (κ3) is 2.72. The number of amides is 1. The van der Waals surface area contributed by atoms with E-state index in [1.807, 2.05) is 0 Å². The lowest BCUT2D eigenvalue weighted by atomic mass is 10.4. The zero-order chi connectivity index (χ0) is 12.1. The SMILES string of the molecule is COc1c(NCC(=O)N(C)C)nc[nH]c1=O. The largest absolute Gasteiger partial charge is 0.489 e. The van der Waals surface area contributed by atoms with E-state index in [0.29, 0.717) is 0 Å². The van der Waals surface area contributed by atoms with Crippen molar-refractivity contribution in [2.45, 2.75) is 0 Å². The molecule has 1 aromatic rings. The highest BCUT2D eigenvalue weighted by Gasteiger charge is 2.10. The highest BCUT2D eigenvalue weighted by atomic mass is 16.5. The topological polar surface area (TPSA) is 87.3 Å². The second-order valence-corrected chi connectivity index (χ2v) is 3.26.